The van der Waals surface area contributed by atoms with Gasteiger partial charge >= 0.3 is 0 Å². The molecule has 1 aliphatic heterocycles. The quantitative estimate of drug-likeness (QED) is 0.537. The number of ether oxygens (including phenoxy) is 1. The molecule has 6 nitrogen and oxygen atoms in total. The number of piperidine rings is 1. The summed E-state index contributed by atoms with van der Waals surface area (Å²) in [5.41, 5.74) is 9.16. The van der Waals surface area contributed by atoms with Crippen LogP contribution in [0.1, 0.15) is 31.2 Å². The van der Waals surface area contributed by atoms with Crippen LogP contribution in [0.5, 0.6) is 5.75 Å². The molecule has 7 heteroatoms. The zero-order valence-electron chi connectivity index (χ0n) is 13.9. The lowest BCUT2D eigenvalue weighted by atomic mass is 10.1. The predicted octanol–water partition coefficient (Wildman–Crippen LogP) is 2.91. The molecule has 0 bridgehead atoms. The number of nitrogens with zero attached hydrogens (tertiary/aromatic N) is 3. The minimum absolute atomic E-state index is 0.692. The summed E-state index contributed by atoms with van der Waals surface area (Å²) in [4.78, 5) is 2.53. The summed E-state index contributed by atoms with van der Waals surface area (Å²) >= 11 is 1.47. The Morgan fingerprint density at radius 2 is 2.12 bits per heavy atom. The summed E-state index contributed by atoms with van der Waals surface area (Å²) in [6.07, 6.45) is 4.95. The lowest BCUT2D eigenvalue weighted by molar-refractivity contribution is 0.220. The van der Waals surface area contributed by atoms with Crippen molar-refractivity contribution in [2.75, 3.05) is 31.7 Å². The number of aromatic nitrogens is 2. The molecule has 0 saturated carbocycles. The molecule has 0 atom stereocenters. The minimum Gasteiger partial charge on any atom is -0.494 e. The molecule has 130 valence electrons. The van der Waals surface area contributed by atoms with Crippen molar-refractivity contribution >= 4 is 16.5 Å². The Balaban J connectivity index is 1.33. The minimum atomic E-state index is 0.692. The fourth-order valence-electron chi connectivity index (χ4n) is 2.83. The molecule has 0 radical (unpaired) electrons. The molecule has 1 saturated heterocycles. The molecule has 1 aliphatic rings. The van der Waals surface area contributed by atoms with E-state index < -0.39 is 0 Å². The van der Waals surface area contributed by atoms with Gasteiger partial charge in [-0.1, -0.05) is 29.9 Å². The molecular formula is C17H25N5OS. The second kappa shape index (κ2) is 9.56. The third-order valence-corrected chi connectivity index (χ3v) is 4.63. The fourth-order valence-corrected chi connectivity index (χ4v) is 3.25. The summed E-state index contributed by atoms with van der Waals surface area (Å²) in [5, 5.41) is 8.44. The van der Waals surface area contributed by atoms with Crippen molar-refractivity contribution in [1.29, 1.82) is 0 Å². The molecule has 0 unspecified atom stereocenters. The van der Waals surface area contributed by atoms with E-state index in [9.17, 15) is 0 Å². The fraction of sp³-hybridized carbons (Fsp3) is 0.529. The summed E-state index contributed by atoms with van der Waals surface area (Å²) in [7, 11) is 0. The molecule has 2 N–H and O–H groups in total. The summed E-state index contributed by atoms with van der Waals surface area (Å²) in [5.74, 6) is 0.960. The average molecular weight is 347 g/mol. The van der Waals surface area contributed by atoms with E-state index in [1.807, 2.05) is 6.07 Å². The van der Waals surface area contributed by atoms with Gasteiger partial charge in [0.15, 0.2) is 0 Å². The van der Waals surface area contributed by atoms with Gasteiger partial charge in [0, 0.05) is 13.1 Å². The van der Waals surface area contributed by atoms with Crippen molar-refractivity contribution in [1.82, 2.24) is 20.5 Å². The maximum Gasteiger partial charge on any atom is 0.219 e. The zero-order valence-corrected chi connectivity index (χ0v) is 14.7. The van der Waals surface area contributed by atoms with E-state index >= 15 is 0 Å². The van der Waals surface area contributed by atoms with Crippen LogP contribution in [0.25, 0.3) is 0 Å². The van der Waals surface area contributed by atoms with Crippen molar-refractivity contribution in [3.63, 3.8) is 0 Å². The standard InChI is InChI=1S/C17H25N5OS/c1-2-9-22(10-3-1)13-15-6-4-7-16(12-15)23-11-5-8-18-20-17-21-19-14-24-17/h4,6-7,12,14,18H,1-3,5,8-11,13H2,(H,20,21). The zero-order chi connectivity index (χ0) is 16.5. The third-order valence-electron chi connectivity index (χ3n) is 4.02. The number of anilines is 1. The van der Waals surface area contributed by atoms with Crippen LogP contribution in [0, 0.1) is 0 Å². The lowest BCUT2D eigenvalue weighted by Gasteiger charge is -2.26. The molecule has 1 aromatic carbocycles. The molecule has 1 aromatic heterocycles. The second-order valence-electron chi connectivity index (χ2n) is 5.98. The van der Waals surface area contributed by atoms with Gasteiger partial charge in [-0.3, -0.25) is 10.3 Å². The van der Waals surface area contributed by atoms with Crippen molar-refractivity contribution in [3.05, 3.63) is 35.3 Å². The normalized spacial score (nSPS) is 15.3. The summed E-state index contributed by atoms with van der Waals surface area (Å²) < 4.78 is 5.86. The molecular weight excluding hydrogens is 322 g/mol. The van der Waals surface area contributed by atoms with Crippen molar-refractivity contribution in [2.24, 2.45) is 0 Å². The molecule has 3 rings (SSSR count). The van der Waals surface area contributed by atoms with Crippen LogP contribution in [-0.2, 0) is 6.54 Å². The molecule has 2 heterocycles. The van der Waals surface area contributed by atoms with E-state index in [1.165, 1.54) is 49.3 Å². The van der Waals surface area contributed by atoms with Crippen LogP contribution >= 0.6 is 11.3 Å². The first-order valence-electron chi connectivity index (χ1n) is 8.59. The number of benzene rings is 1. The van der Waals surface area contributed by atoms with Crippen LogP contribution in [-0.4, -0.2) is 41.3 Å². The first kappa shape index (κ1) is 17.1. The molecule has 1 fully saturated rings. The lowest BCUT2D eigenvalue weighted by Crippen LogP contribution is -2.29. The van der Waals surface area contributed by atoms with Crippen LogP contribution in [0.3, 0.4) is 0 Å². The third kappa shape index (κ3) is 5.74. The van der Waals surface area contributed by atoms with E-state index in [0.717, 1.165) is 30.4 Å². The van der Waals surface area contributed by atoms with Gasteiger partial charge in [0.25, 0.3) is 0 Å². The molecule has 24 heavy (non-hydrogen) atoms. The Labute approximate surface area is 147 Å². The first-order chi connectivity index (χ1) is 11.9. The SMILES string of the molecule is c1cc(CN2CCCCC2)cc(OCCCNNc2nncs2)c1. The highest BCUT2D eigenvalue weighted by Crippen LogP contribution is 2.17. The van der Waals surface area contributed by atoms with Crippen LogP contribution in [0.4, 0.5) is 5.13 Å². The van der Waals surface area contributed by atoms with Gasteiger partial charge in [0.05, 0.1) is 6.61 Å². The average Bonchev–Trinajstić information content (AvgIpc) is 3.13. The maximum atomic E-state index is 5.86. The van der Waals surface area contributed by atoms with Gasteiger partial charge in [-0.2, -0.15) is 0 Å². The summed E-state index contributed by atoms with van der Waals surface area (Å²) in [6, 6.07) is 8.48. The summed E-state index contributed by atoms with van der Waals surface area (Å²) in [6.45, 7) is 4.98. The number of hydrogen-bond acceptors (Lipinski definition) is 7. The number of hydrazine groups is 1. The molecule has 2 aromatic rings. The Kier molecular flexibility index (Phi) is 6.83. The van der Waals surface area contributed by atoms with Gasteiger partial charge in [-0.15, -0.1) is 10.2 Å². The highest BCUT2D eigenvalue weighted by atomic mass is 32.1. The number of nitrogens with one attached hydrogen (secondary N) is 2. The number of hydrogen-bond donors (Lipinski definition) is 2. The number of likely N-dealkylation sites (tertiary alicyclic amines) is 1. The molecule has 0 spiro atoms. The van der Waals surface area contributed by atoms with Crippen LogP contribution in [0.2, 0.25) is 0 Å². The Bertz CT molecular complexity index is 586. The smallest absolute Gasteiger partial charge is 0.219 e. The van der Waals surface area contributed by atoms with Gasteiger partial charge in [0.2, 0.25) is 5.13 Å². The highest BCUT2D eigenvalue weighted by Gasteiger charge is 2.10. The van der Waals surface area contributed by atoms with Gasteiger partial charge in [0.1, 0.15) is 11.3 Å². The highest BCUT2D eigenvalue weighted by molar-refractivity contribution is 7.13. The maximum absolute atomic E-state index is 5.86. The van der Waals surface area contributed by atoms with Crippen LogP contribution < -0.4 is 15.6 Å². The Hall–Kier alpha value is -1.70. The second-order valence-corrected chi connectivity index (χ2v) is 6.82. The molecule has 0 aliphatic carbocycles. The van der Waals surface area contributed by atoms with Crippen LogP contribution in [0.15, 0.2) is 29.8 Å². The van der Waals surface area contributed by atoms with E-state index in [4.69, 9.17) is 4.74 Å². The molecule has 0 amide bonds. The topological polar surface area (TPSA) is 62.3 Å². The van der Waals surface area contributed by atoms with E-state index in [-0.39, 0.29) is 0 Å². The van der Waals surface area contributed by atoms with E-state index in [1.54, 1.807) is 5.51 Å². The van der Waals surface area contributed by atoms with Crippen molar-refractivity contribution in [3.8, 4) is 5.75 Å². The monoisotopic (exact) mass is 347 g/mol. The Morgan fingerprint density at radius 1 is 1.21 bits per heavy atom. The van der Waals surface area contributed by atoms with Gasteiger partial charge in [-0.25, -0.2) is 5.43 Å². The van der Waals surface area contributed by atoms with E-state index in [0.29, 0.717) is 6.61 Å². The van der Waals surface area contributed by atoms with E-state index in [2.05, 4.69) is 44.1 Å². The van der Waals surface area contributed by atoms with Crippen molar-refractivity contribution in [2.45, 2.75) is 32.2 Å². The number of rotatable bonds is 9. The first-order valence-corrected chi connectivity index (χ1v) is 9.47. The van der Waals surface area contributed by atoms with Crippen molar-refractivity contribution < 1.29 is 4.74 Å². The van der Waals surface area contributed by atoms with Gasteiger partial charge in [-0.05, 0) is 50.0 Å². The van der Waals surface area contributed by atoms with Gasteiger partial charge < -0.3 is 4.74 Å². The Morgan fingerprint density at radius 3 is 2.96 bits per heavy atom. The largest absolute Gasteiger partial charge is 0.494 e. The predicted molar refractivity (Wildman–Crippen MR) is 97.2 cm³/mol.